The van der Waals surface area contributed by atoms with Gasteiger partial charge in [-0.15, -0.1) is 0 Å². The van der Waals surface area contributed by atoms with Crippen LogP contribution in [0.1, 0.15) is 0 Å². The maximum Gasteiger partial charge on any atom is 0.323 e. The number of imidazole rings is 1. The zero-order chi connectivity index (χ0) is 15.0. The number of para-hydroxylation sites is 1. The van der Waals surface area contributed by atoms with Gasteiger partial charge in [0, 0.05) is 0 Å². The average Bonchev–Trinajstić information content (AvgIpc) is 2.80. The van der Waals surface area contributed by atoms with Crippen LogP contribution in [-0.2, 0) is 10.0 Å². The summed E-state index contributed by atoms with van der Waals surface area (Å²) in [4.78, 5) is 16.1. The van der Waals surface area contributed by atoms with Gasteiger partial charge in [0.15, 0.2) is 0 Å². The number of nitrogens with one attached hydrogen (secondary N) is 3. The molecule has 0 radical (unpaired) electrons. The van der Waals surface area contributed by atoms with Crippen molar-refractivity contribution in [3.63, 3.8) is 0 Å². The van der Waals surface area contributed by atoms with Crippen molar-refractivity contribution < 1.29 is 12.8 Å². The molecule has 6 nitrogen and oxygen atoms in total. The summed E-state index contributed by atoms with van der Waals surface area (Å²) in [5.41, 5.74) is 0.281. The van der Waals surface area contributed by atoms with Crippen LogP contribution >= 0.6 is 0 Å². The third-order valence-corrected chi connectivity index (χ3v) is 4.28. The molecule has 3 aromatic rings. The van der Waals surface area contributed by atoms with E-state index in [4.69, 9.17) is 0 Å². The van der Waals surface area contributed by atoms with E-state index in [0.29, 0.717) is 11.0 Å². The van der Waals surface area contributed by atoms with Gasteiger partial charge in [-0.25, -0.2) is 17.6 Å². The van der Waals surface area contributed by atoms with E-state index in [2.05, 4.69) is 14.7 Å². The fourth-order valence-corrected chi connectivity index (χ4v) is 3.02. The average molecular weight is 307 g/mol. The summed E-state index contributed by atoms with van der Waals surface area (Å²) in [6, 6.07) is 9.56. The van der Waals surface area contributed by atoms with Gasteiger partial charge in [0.05, 0.1) is 21.6 Å². The Morgan fingerprint density at radius 2 is 1.71 bits per heavy atom. The van der Waals surface area contributed by atoms with Crippen molar-refractivity contribution in [3.05, 3.63) is 58.8 Å². The van der Waals surface area contributed by atoms with E-state index >= 15 is 0 Å². The van der Waals surface area contributed by atoms with Crippen LogP contribution in [0.4, 0.5) is 10.1 Å². The molecule has 0 fully saturated rings. The van der Waals surface area contributed by atoms with Crippen LogP contribution in [0.2, 0.25) is 0 Å². The lowest BCUT2D eigenvalue weighted by Crippen LogP contribution is -2.13. The number of benzene rings is 2. The van der Waals surface area contributed by atoms with Gasteiger partial charge in [-0.2, -0.15) is 0 Å². The van der Waals surface area contributed by atoms with E-state index in [0.717, 1.165) is 6.07 Å². The second-order valence-electron chi connectivity index (χ2n) is 4.37. The van der Waals surface area contributed by atoms with Crippen molar-refractivity contribution in [2.24, 2.45) is 0 Å². The quantitative estimate of drug-likeness (QED) is 0.688. The molecule has 8 heteroatoms. The van der Waals surface area contributed by atoms with Crippen molar-refractivity contribution >= 4 is 26.7 Å². The van der Waals surface area contributed by atoms with Crippen LogP contribution < -0.4 is 10.4 Å². The summed E-state index contributed by atoms with van der Waals surface area (Å²) >= 11 is 0. The zero-order valence-electron chi connectivity index (χ0n) is 10.6. The number of hydrogen-bond acceptors (Lipinski definition) is 3. The van der Waals surface area contributed by atoms with E-state index in [-0.39, 0.29) is 10.6 Å². The third kappa shape index (κ3) is 2.52. The molecule has 0 aliphatic rings. The molecule has 1 heterocycles. The smallest absolute Gasteiger partial charge is 0.306 e. The SMILES string of the molecule is O=c1[nH]c2ccc(S(=O)(=O)Nc3ccccc3F)cc2[nH]1. The lowest BCUT2D eigenvalue weighted by molar-refractivity contribution is 0.598. The number of anilines is 1. The van der Waals surface area contributed by atoms with Crippen LogP contribution in [0, 0.1) is 5.82 Å². The van der Waals surface area contributed by atoms with Gasteiger partial charge in [0.1, 0.15) is 5.82 Å². The van der Waals surface area contributed by atoms with E-state index in [1.807, 2.05) is 0 Å². The molecule has 0 atom stereocenters. The Hall–Kier alpha value is -2.61. The molecule has 2 aromatic carbocycles. The number of fused-ring (bicyclic) bond motifs is 1. The van der Waals surface area contributed by atoms with Crippen molar-refractivity contribution in [2.75, 3.05) is 4.72 Å². The Labute approximate surface area is 118 Å². The van der Waals surface area contributed by atoms with E-state index in [9.17, 15) is 17.6 Å². The van der Waals surface area contributed by atoms with Crippen LogP contribution in [-0.4, -0.2) is 18.4 Å². The highest BCUT2D eigenvalue weighted by atomic mass is 32.2. The highest BCUT2D eigenvalue weighted by molar-refractivity contribution is 7.92. The number of aromatic nitrogens is 2. The number of sulfonamides is 1. The maximum absolute atomic E-state index is 13.5. The number of H-pyrrole nitrogens is 2. The number of aromatic amines is 2. The van der Waals surface area contributed by atoms with Gasteiger partial charge < -0.3 is 9.97 Å². The molecular formula is C13H10FN3O3S. The summed E-state index contributed by atoms with van der Waals surface area (Å²) in [5.74, 6) is -0.669. The van der Waals surface area contributed by atoms with Crippen LogP contribution in [0.5, 0.6) is 0 Å². The van der Waals surface area contributed by atoms with Crippen molar-refractivity contribution in [1.82, 2.24) is 9.97 Å². The first-order valence-corrected chi connectivity index (χ1v) is 7.43. The second-order valence-corrected chi connectivity index (χ2v) is 6.05. The first-order valence-electron chi connectivity index (χ1n) is 5.95. The van der Waals surface area contributed by atoms with Gasteiger partial charge in [-0.3, -0.25) is 4.72 Å². The molecule has 0 unspecified atom stereocenters. The first-order chi connectivity index (χ1) is 9.95. The summed E-state index contributed by atoms with van der Waals surface area (Å²) in [6.07, 6.45) is 0. The van der Waals surface area contributed by atoms with Crippen LogP contribution in [0.15, 0.2) is 52.2 Å². The minimum atomic E-state index is -3.94. The Kier molecular flexibility index (Phi) is 3.02. The lowest BCUT2D eigenvalue weighted by Gasteiger charge is -2.08. The molecule has 0 bridgehead atoms. The first kappa shape index (κ1) is 13.4. The molecule has 0 saturated heterocycles. The number of rotatable bonds is 3. The lowest BCUT2D eigenvalue weighted by atomic mass is 10.3. The molecule has 0 aliphatic heterocycles. The summed E-state index contributed by atoms with van der Waals surface area (Å²) in [7, 11) is -3.94. The normalized spacial score (nSPS) is 11.7. The van der Waals surface area contributed by atoms with Gasteiger partial charge in [-0.05, 0) is 30.3 Å². The largest absolute Gasteiger partial charge is 0.323 e. The van der Waals surface area contributed by atoms with E-state index in [1.54, 1.807) is 0 Å². The summed E-state index contributed by atoms with van der Waals surface area (Å²) < 4.78 is 40.1. The van der Waals surface area contributed by atoms with Crippen molar-refractivity contribution in [1.29, 1.82) is 0 Å². The summed E-state index contributed by atoms with van der Waals surface area (Å²) in [6.45, 7) is 0. The monoisotopic (exact) mass is 307 g/mol. The van der Waals surface area contributed by atoms with Crippen LogP contribution in [0.25, 0.3) is 11.0 Å². The summed E-state index contributed by atoms with van der Waals surface area (Å²) in [5, 5.41) is 0. The molecule has 21 heavy (non-hydrogen) atoms. The standard InChI is InChI=1S/C13H10FN3O3S/c14-9-3-1-2-4-10(9)17-21(19,20)8-5-6-11-12(7-8)16-13(18)15-11/h1-7,17H,(H2,15,16,18). The minimum Gasteiger partial charge on any atom is -0.306 e. The van der Waals surface area contributed by atoms with Gasteiger partial charge in [-0.1, -0.05) is 12.1 Å². The molecule has 3 N–H and O–H groups in total. The number of hydrogen-bond donors (Lipinski definition) is 3. The van der Waals surface area contributed by atoms with Crippen LogP contribution in [0.3, 0.4) is 0 Å². The predicted molar refractivity (Wildman–Crippen MR) is 76.1 cm³/mol. The van der Waals surface area contributed by atoms with Gasteiger partial charge >= 0.3 is 5.69 Å². The van der Waals surface area contributed by atoms with Gasteiger partial charge in [0.2, 0.25) is 0 Å². The van der Waals surface area contributed by atoms with Crippen molar-refractivity contribution in [3.8, 4) is 0 Å². The third-order valence-electron chi connectivity index (χ3n) is 2.92. The van der Waals surface area contributed by atoms with E-state index < -0.39 is 21.5 Å². The molecule has 3 rings (SSSR count). The molecule has 0 amide bonds. The Bertz CT molecular complexity index is 975. The Morgan fingerprint density at radius 1 is 1.00 bits per heavy atom. The fraction of sp³-hybridized carbons (Fsp3) is 0. The topological polar surface area (TPSA) is 94.8 Å². The maximum atomic E-state index is 13.5. The fourth-order valence-electron chi connectivity index (χ4n) is 1.93. The van der Waals surface area contributed by atoms with Gasteiger partial charge in [0.25, 0.3) is 10.0 Å². The zero-order valence-corrected chi connectivity index (χ0v) is 11.4. The molecule has 0 saturated carbocycles. The minimum absolute atomic E-state index is 0.0755. The molecule has 0 aliphatic carbocycles. The molecule has 1 aromatic heterocycles. The Morgan fingerprint density at radius 3 is 2.48 bits per heavy atom. The highest BCUT2D eigenvalue weighted by Crippen LogP contribution is 2.20. The molecular weight excluding hydrogens is 297 g/mol. The van der Waals surface area contributed by atoms with Crippen molar-refractivity contribution in [2.45, 2.75) is 4.90 Å². The highest BCUT2D eigenvalue weighted by Gasteiger charge is 2.17. The number of halogens is 1. The second kappa shape index (κ2) is 4.74. The Balaban J connectivity index is 2.03. The molecule has 0 spiro atoms. The molecule has 108 valence electrons. The van der Waals surface area contributed by atoms with E-state index in [1.165, 1.54) is 36.4 Å². The predicted octanol–water partition coefficient (Wildman–Crippen LogP) is 1.80.